The summed E-state index contributed by atoms with van der Waals surface area (Å²) in [4.78, 5) is 4.36. The fraction of sp³-hybridized carbons (Fsp3) is 0. The highest BCUT2D eigenvalue weighted by Crippen LogP contribution is 2.16. The van der Waals surface area contributed by atoms with Crippen LogP contribution in [0.3, 0.4) is 0 Å². The minimum atomic E-state index is -1.34. The van der Waals surface area contributed by atoms with Gasteiger partial charge in [0.2, 0.25) is 0 Å². The number of fused-ring (bicyclic) bond motifs is 1. The van der Waals surface area contributed by atoms with E-state index in [1.165, 1.54) is 0 Å². The standard InChI is InChI=1S/C13H10N2.C6H7BO2/c1-2-6-11(7-3-1)15-10-14-12-8-4-5-9-13(12)15;8-7(9)6-4-2-1-3-5-6/h1-10H;1-5,8-9H. The molecule has 0 radical (unpaired) electrons. The fourth-order valence-corrected chi connectivity index (χ4v) is 2.38. The summed E-state index contributed by atoms with van der Waals surface area (Å²) in [7, 11) is -1.34. The highest BCUT2D eigenvalue weighted by Gasteiger charge is 2.07. The summed E-state index contributed by atoms with van der Waals surface area (Å²) in [6.45, 7) is 0. The molecule has 4 aromatic rings. The van der Waals surface area contributed by atoms with E-state index in [9.17, 15) is 0 Å². The largest absolute Gasteiger partial charge is 0.488 e. The number of hydrogen-bond acceptors (Lipinski definition) is 3. The third-order valence-electron chi connectivity index (χ3n) is 3.59. The summed E-state index contributed by atoms with van der Waals surface area (Å²) in [5.74, 6) is 0. The van der Waals surface area contributed by atoms with Crippen molar-refractivity contribution in [2.45, 2.75) is 0 Å². The van der Waals surface area contributed by atoms with Crippen molar-refractivity contribution in [2.75, 3.05) is 0 Å². The lowest BCUT2D eigenvalue weighted by molar-refractivity contribution is 0.426. The lowest BCUT2D eigenvalue weighted by Crippen LogP contribution is -2.29. The van der Waals surface area contributed by atoms with Crippen LogP contribution in [-0.4, -0.2) is 26.7 Å². The van der Waals surface area contributed by atoms with Gasteiger partial charge in [0.05, 0.1) is 11.0 Å². The van der Waals surface area contributed by atoms with Crippen LogP contribution in [0.5, 0.6) is 0 Å². The number of aromatic nitrogens is 2. The van der Waals surface area contributed by atoms with Gasteiger partial charge in [-0.1, -0.05) is 60.7 Å². The van der Waals surface area contributed by atoms with Gasteiger partial charge >= 0.3 is 7.12 Å². The molecule has 0 unspecified atom stereocenters. The Morgan fingerprint density at radius 3 is 1.92 bits per heavy atom. The first-order valence-corrected chi connectivity index (χ1v) is 7.64. The van der Waals surface area contributed by atoms with E-state index in [4.69, 9.17) is 10.0 Å². The van der Waals surface area contributed by atoms with Gasteiger partial charge in [-0.2, -0.15) is 0 Å². The molecule has 0 aliphatic carbocycles. The SMILES string of the molecule is OB(O)c1ccccc1.c1ccc(-n2cnc3ccccc32)cc1. The van der Waals surface area contributed by atoms with Crippen molar-refractivity contribution in [3.8, 4) is 5.69 Å². The highest BCUT2D eigenvalue weighted by molar-refractivity contribution is 6.58. The van der Waals surface area contributed by atoms with E-state index < -0.39 is 7.12 Å². The molecule has 0 atom stereocenters. The Hall–Kier alpha value is -2.89. The van der Waals surface area contributed by atoms with Crippen LogP contribution in [0.25, 0.3) is 16.7 Å². The number of nitrogens with zero attached hydrogens (tertiary/aromatic N) is 2. The van der Waals surface area contributed by atoms with Crippen LogP contribution < -0.4 is 5.46 Å². The molecule has 4 rings (SSSR count). The molecule has 0 saturated carbocycles. The van der Waals surface area contributed by atoms with Crippen molar-refractivity contribution >= 4 is 23.6 Å². The van der Waals surface area contributed by atoms with Crippen LogP contribution in [0.2, 0.25) is 0 Å². The zero-order chi connectivity index (χ0) is 16.8. The summed E-state index contributed by atoms with van der Waals surface area (Å²) in [6, 6.07) is 27.0. The maximum Gasteiger partial charge on any atom is 0.488 e. The van der Waals surface area contributed by atoms with E-state index in [-0.39, 0.29) is 0 Å². The van der Waals surface area contributed by atoms with E-state index >= 15 is 0 Å². The first-order chi connectivity index (χ1) is 11.8. The second-order valence-corrected chi connectivity index (χ2v) is 5.22. The number of rotatable bonds is 2. The van der Waals surface area contributed by atoms with Crippen molar-refractivity contribution in [3.05, 3.63) is 91.3 Å². The first-order valence-electron chi connectivity index (χ1n) is 7.64. The number of benzene rings is 3. The predicted molar refractivity (Wildman–Crippen MR) is 97.3 cm³/mol. The molecule has 0 bridgehead atoms. The number of imidazole rings is 1. The average molecular weight is 316 g/mol. The third kappa shape index (κ3) is 3.71. The van der Waals surface area contributed by atoms with Gasteiger partial charge in [0, 0.05) is 5.69 Å². The zero-order valence-corrected chi connectivity index (χ0v) is 13.0. The molecule has 2 N–H and O–H groups in total. The normalized spacial score (nSPS) is 10.1. The van der Waals surface area contributed by atoms with E-state index in [0.717, 1.165) is 16.7 Å². The smallest absolute Gasteiger partial charge is 0.423 e. The molecule has 0 amide bonds. The molecule has 0 saturated heterocycles. The van der Waals surface area contributed by atoms with E-state index in [1.807, 2.05) is 48.8 Å². The maximum atomic E-state index is 8.58. The van der Waals surface area contributed by atoms with E-state index in [0.29, 0.717) is 5.46 Å². The minimum Gasteiger partial charge on any atom is -0.423 e. The van der Waals surface area contributed by atoms with Crippen LogP contribution in [0, 0.1) is 0 Å². The molecule has 5 heteroatoms. The van der Waals surface area contributed by atoms with E-state index in [2.05, 4.69) is 27.8 Å². The Balaban J connectivity index is 0.000000162. The van der Waals surface area contributed by atoms with Gasteiger partial charge in [0.15, 0.2) is 0 Å². The van der Waals surface area contributed by atoms with Gasteiger partial charge in [-0.25, -0.2) is 4.98 Å². The fourth-order valence-electron chi connectivity index (χ4n) is 2.38. The Labute approximate surface area is 140 Å². The molecule has 118 valence electrons. The van der Waals surface area contributed by atoms with Crippen molar-refractivity contribution < 1.29 is 10.0 Å². The van der Waals surface area contributed by atoms with Crippen molar-refractivity contribution in [1.29, 1.82) is 0 Å². The second kappa shape index (κ2) is 7.59. The van der Waals surface area contributed by atoms with E-state index in [1.54, 1.807) is 24.3 Å². The highest BCUT2D eigenvalue weighted by atomic mass is 16.4. The zero-order valence-electron chi connectivity index (χ0n) is 13.0. The van der Waals surface area contributed by atoms with Crippen LogP contribution in [-0.2, 0) is 0 Å². The maximum absolute atomic E-state index is 8.58. The molecule has 0 aliphatic rings. The molecule has 1 aromatic heterocycles. The molecule has 0 fully saturated rings. The van der Waals surface area contributed by atoms with Gasteiger partial charge in [-0.15, -0.1) is 0 Å². The van der Waals surface area contributed by atoms with Crippen molar-refractivity contribution in [1.82, 2.24) is 9.55 Å². The van der Waals surface area contributed by atoms with Crippen LogP contribution in [0.1, 0.15) is 0 Å². The van der Waals surface area contributed by atoms with Crippen LogP contribution >= 0.6 is 0 Å². The third-order valence-corrected chi connectivity index (χ3v) is 3.59. The van der Waals surface area contributed by atoms with Crippen LogP contribution in [0.15, 0.2) is 91.3 Å². The van der Waals surface area contributed by atoms with Gasteiger partial charge in [-0.3, -0.25) is 4.57 Å². The molecule has 0 aliphatic heterocycles. The predicted octanol–water partition coefficient (Wildman–Crippen LogP) is 2.39. The topological polar surface area (TPSA) is 58.3 Å². The summed E-state index contributed by atoms with van der Waals surface area (Å²) in [6.07, 6.45) is 1.86. The Bertz CT molecular complexity index is 893. The summed E-state index contributed by atoms with van der Waals surface area (Å²) >= 11 is 0. The molecule has 1 heterocycles. The van der Waals surface area contributed by atoms with Gasteiger partial charge in [0.25, 0.3) is 0 Å². The molecule has 24 heavy (non-hydrogen) atoms. The Kier molecular flexibility index (Phi) is 5.06. The molecular formula is C19H17BN2O2. The molecule has 0 spiro atoms. The lowest BCUT2D eigenvalue weighted by atomic mass is 9.81. The lowest BCUT2D eigenvalue weighted by Gasteiger charge is -2.02. The Morgan fingerprint density at radius 2 is 1.29 bits per heavy atom. The molecular weight excluding hydrogens is 299 g/mol. The minimum absolute atomic E-state index is 0.525. The quantitative estimate of drug-likeness (QED) is 0.558. The second-order valence-electron chi connectivity index (χ2n) is 5.22. The van der Waals surface area contributed by atoms with Crippen molar-refractivity contribution in [2.24, 2.45) is 0 Å². The van der Waals surface area contributed by atoms with Gasteiger partial charge in [-0.05, 0) is 29.7 Å². The van der Waals surface area contributed by atoms with Gasteiger partial charge in [0.1, 0.15) is 6.33 Å². The summed E-state index contributed by atoms with van der Waals surface area (Å²) in [5.41, 5.74) is 3.84. The summed E-state index contributed by atoms with van der Waals surface area (Å²) in [5, 5.41) is 17.2. The monoisotopic (exact) mass is 316 g/mol. The van der Waals surface area contributed by atoms with Crippen molar-refractivity contribution in [3.63, 3.8) is 0 Å². The van der Waals surface area contributed by atoms with Crippen LogP contribution in [0.4, 0.5) is 0 Å². The average Bonchev–Trinajstić information content (AvgIpc) is 3.08. The molecule has 4 nitrogen and oxygen atoms in total. The molecule has 3 aromatic carbocycles. The first kappa shape index (κ1) is 16.0. The Morgan fingerprint density at radius 1 is 0.708 bits per heavy atom. The number of hydrogen-bond donors (Lipinski definition) is 2. The summed E-state index contributed by atoms with van der Waals surface area (Å²) < 4.78 is 2.09. The van der Waals surface area contributed by atoms with Gasteiger partial charge < -0.3 is 10.0 Å². The number of para-hydroxylation sites is 3.